The molecule has 0 N–H and O–H groups in total. The number of ether oxygens (including phenoxy) is 3. The monoisotopic (exact) mass is 410 g/mol. The molecule has 0 spiro atoms. The SMILES string of the molecule is Cc1ccccc1OC(OC(Oc1ccccc1C)c1ccccc1)c1ccccc1. The van der Waals surface area contributed by atoms with Crippen molar-refractivity contribution in [1.82, 2.24) is 0 Å². The summed E-state index contributed by atoms with van der Waals surface area (Å²) in [6.07, 6.45) is -1.28. The standard InChI is InChI=1S/C28H26O3/c1-21-13-9-11-19-25(21)29-27(23-15-5-3-6-16-23)31-28(24-17-7-4-8-18-24)30-26-20-12-10-14-22(26)2/h3-20,27-28H,1-2H3. The molecule has 0 aliphatic carbocycles. The van der Waals surface area contributed by atoms with Gasteiger partial charge in [-0.3, -0.25) is 4.74 Å². The Bertz CT molecular complexity index is 1000. The molecule has 0 aromatic heterocycles. The minimum atomic E-state index is -0.642. The molecule has 4 aromatic carbocycles. The number of aryl methyl sites for hydroxylation is 2. The number of benzene rings is 4. The Kier molecular flexibility index (Phi) is 6.65. The van der Waals surface area contributed by atoms with E-state index in [2.05, 4.69) is 0 Å². The van der Waals surface area contributed by atoms with E-state index in [1.165, 1.54) is 0 Å². The first-order chi connectivity index (χ1) is 15.2. The summed E-state index contributed by atoms with van der Waals surface area (Å²) >= 11 is 0. The minimum absolute atomic E-state index is 0.642. The summed E-state index contributed by atoms with van der Waals surface area (Å²) in [6, 6.07) is 35.7. The average Bonchev–Trinajstić information content (AvgIpc) is 2.82. The Morgan fingerprint density at radius 1 is 0.452 bits per heavy atom. The fourth-order valence-corrected chi connectivity index (χ4v) is 3.29. The molecule has 0 saturated carbocycles. The van der Waals surface area contributed by atoms with Crippen molar-refractivity contribution in [3.8, 4) is 11.5 Å². The van der Waals surface area contributed by atoms with Crippen molar-refractivity contribution in [2.75, 3.05) is 0 Å². The van der Waals surface area contributed by atoms with Gasteiger partial charge in [-0.1, -0.05) is 97.1 Å². The van der Waals surface area contributed by atoms with Crippen LogP contribution >= 0.6 is 0 Å². The van der Waals surface area contributed by atoms with Crippen LogP contribution in [0.5, 0.6) is 11.5 Å². The third-order valence-electron chi connectivity index (χ3n) is 5.05. The molecule has 2 unspecified atom stereocenters. The van der Waals surface area contributed by atoms with E-state index in [0.29, 0.717) is 0 Å². The molecule has 0 heterocycles. The highest BCUT2D eigenvalue weighted by atomic mass is 16.8. The lowest BCUT2D eigenvalue weighted by Gasteiger charge is -2.27. The summed E-state index contributed by atoms with van der Waals surface area (Å²) in [7, 11) is 0. The molecule has 3 heteroatoms. The fraction of sp³-hybridized carbons (Fsp3) is 0.143. The van der Waals surface area contributed by atoms with Gasteiger partial charge >= 0.3 is 0 Å². The molecule has 0 bridgehead atoms. The Balaban J connectivity index is 1.68. The van der Waals surface area contributed by atoms with Gasteiger partial charge in [0.1, 0.15) is 11.5 Å². The summed E-state index contributed by atoms with van der Waals surface area (Å²) < 4.78 is 19.2. The molecular weight excluding hydrogens is 384 g/mol. The van der Waals surface area contributed by atoms with Crippen LogP contribution in [0.2, 0.25) is 0 Å². The molecule has 3 nitrogen and oxygen atoms in total. The van der Waals surface area contributed by atoms with Crippen molar-refractivity contribution in [3.05, 3.63) is 131 Å². The van der Waals surface area contributed by atoms with Crippen LogP contribution < -0.4 is 9.47 Å². The van der Waals surface area contributed by atoms with Gasteiger partial charge in [-0.15, -0.1) is 0 Å². The van der Waals surface area contributed by atoms with E-state index in [1.54, 1.807) is 0 Å². The Labute approximate surface area is 183 Å². The zero-order valence-electron chi connectivity index (χ0n) is 17.8. The van der Waals surface area contributed by atoms with Crippen molar-refractivity contribution >= 4 is 0 Å². The molecular formula is C28H26O3. The van der Waals surface area contributed by atoms with Gasteiger partial charge in [-0.25, -0.2) is 0 Å². The predicted octanol–water partition coefficient (Wildman–Crippen LogP) is 7.18. The van der Waals surface area contributed by atoms with E-state index < -0.39 is 12.6 Å². The maximum absolute atomic E-state index is 6.50. The quantitative estimate of drug-likeness (QED) is 0.288. The molecule has 4 aromatic rings. The van der Waals surface area contributed by atoms with E-state index in [-0.39, 0.29) is 0 Å². The van der Waals surface area contributed by atoms with Crippen molar-refractivity contribution in [1.29, 1.82) is 0 Å². The van der Waals surface area contributed by atoms with Gasteiger partial charge in [0.25, 0.3) is 0 Å². The highest BCUT2D eigenvalue weighted by Gasteiger charge is 2.24. The van der Waals surface area contributed by atoms with Crippen LogP contribution in [0.1, 0.15) is 34.8 Å². The van der Waals surface area contributed by atoms with Gasteiger partial charge in [0.2, 0.25) is 12.6 Å². The number of hydrogen-bond acceptors (Lipinski definition) is 3. The van der Waals surface area contributed by atoms with Gasteiger partial charge in [-0.05, 0) is 37.1 Å². The Morgan fingerprint density at radius 2 is 0.806 bits per heavy atom. The van der Waals surface area contributed by atoms with Crippen molar-refractivity contribution in [2.45, 2.75) is 26.4 Å². The zero-order chi connectivity index (χ0) is 21.5. The predicted molar refractivity (Wildman–Crippen MR) is 123 cm³/mol. The molecule has 2 atom stereocenters. The molecule has 156 valence electrons. The lowest BCUT2D eigenvalue weighted by molar-refractivity contribution is -0.192. The van der Waals surface area contributed by atoms with Crippen LogP contribution in [0.25, 0.3) is 0 Å². The fourth-order valence-electron chi connectivity index (χ4n) is 3.29. The lowest BCUT2D eigenvalue weighted by Crippen LogP contribution is -2.20. The smallest absolute Gasteiger partial charge is 0.230 e. The van der Waals surface area contributed by atoms with E-state index in [9.17, 15) is 0 Å². The molecule has 31 heavy (non-hydrogen) atoms. The van der Waals surface area contributed by atoms with Crippen LogP contribution in [-0.2, 0) is 4.74 Å². The third kappa shape index (κ3) is 5.33. The third-order valence-corrected chi connectivity index (χ3v) is 5.05. The maximum atomic E-state index is 6.50. The second kappa shape index (κ2) is 9.96. The average molecular weight is 411 g/mol. The van der Waals surface area contributed by atoms with Crippen LogP contribution in [0, 0.1) is 13.8 Å². The van der Waals surface area contributed by atoms with Gasteiger partial charge < -0.3 is 9.47 Å². The summed E-state index contributed by atoms with van der Waals surface area (Å²) in [6.45, 7) is 4.05. The van der Waals surface area contributed by atoms with E-state index >= 15 is 0 Å². The van der Waals surface area contributed by atoms with Crippen molar-refractivity contribution < 1.29 is 14.2 Å². The molecule has 0 amide bonds. The topological polar surface area (TPSA) is 27.7 Å². The Morgan fingerprint density at radius 3 is 1.19 bits per heavy atom. The number of hydrogen-bond donors (Lipinski definition) is 0. The van der Waals surface area contributed by atoms with Crippen molar-refractivity contribution in [3.63, 3.8) is 0 Å². The second-order valence-corrected chi connectivity index (χ2v) is 7.39. The highest BCUT2D eigenvalue weighted by Crippen LogP contribution is 2.33. The summed E-state index contributed by atoms with van der Waals surface area (Å²) in [5, 5.41) is 0. The largest absolute Gasteiger partial charge is 0.460 e. The van der Waals surface area contributed by atoms with Crippen molar-refractivity contribution in [2.24, 2.45) is 0 Å². The summed E-state index contributed by atoms with van der Waals surface area (Å²) in [5.41, 5.74) is 3.92. The van der Waals surface area contributed by atoms with E-state index in [0.717, 1.165) is 33.8 Å². The van der Waals surface area contributed by atoms with Gasteiger partial charge in [-0.2, -0.15) is 0 Å². The maximum Gasteiger partial charge on any atom is 0.230 e. The van der Waals surface area contributed by atoms with E-state index in [4.69, 9.17) is 14.2 Å². The lowest BCUT2D eigenvalue weighted by atomic mass is 10.2. The zero-order valence-corrected chi connectivity index (χ0v) is 17.8. The molecule has 0 saturated heterocycles. The second-order valence-electron chi connectivity index (χ2n) is 7.39. The molecule has 0 aliphatic heterocycles. The first-order valence-electron chi connectivity index (χ1n) is 10.4. The van der Waals surface area contributed by atoms with Crippen LogP contribution in [0.3, 0.4) is 0 Å². The normalized spacial score (nSPS) is 12.7. The highest BCUT2D eigenvalue weighted by molar-refractivity contribution is 5.34. The van der Waals surface area contributed by atoms with Crippen LogP contribution in [0.15, 0.2) is 109 Å². The molecule has 4 rings (SSSR count). The minimum Gasteiger partial charge on any atom is -0.460 e. The first-order valence-corrected chi connectivity index (χ1v) is 10.4. The van der Waals surface area contributed by atoms with Gasteiger partial charge in [0.15, 0.2) is 0 Å². The van der Waals surface area contributed by atoms with Crippen LogP contribution in [-0.4, -0.2) is 0 Å². The summed E-state index contributed by atoms with van der Waals surface area (Å²) in [5.74, 6) is 1.55. The van der Waals surface area contributed by atoms with E-state index in [1.807, 2.05) is 123 Å². The first kappa shape index (κ1) is 20.7. The summed E-state index contributed by atoms with van der Waals surface area (Å²) in [4.78, 5) is 0. The van der Waals surface area contributed by atoms with Gasteiger partial charge in [0, 0.05) is 11.1 Å². The number of para-hydroxylation sites is 2. The molecule has 0 aliphatic rings. The Hall–Kier alpha value is -3.56. The molecule has 0 radical (unpaired) electrons. The van der Waals surface area contributed by atoms with Gasteiger partial charge in [0.05, 0.1) is 0 Å². The van der Waals surface area contributed by atoms with Crippen LogP contribution in [0.4, 0.5) is 0 Å². The molecule has 0 fully saturated rings. The number of rotatable bonds is 8.